The van der Waals surface area contributed by atoms with E-state index in [1.54, 1.807) is 23.6 Å². The van der Waals surface area contributed by atoms with Crippen LogP contribution in [-0.2, 0) is 11.3 Å². The average Bonchev–Trinajstić information content (AvgIpc) is 3.16. The Kier molecular flexibility index (Phi) is 4.05. The molecule has 0 unspecified atom stereocenters. The van der Waals surface area contributed by atoms with Crippen LogP contribution >= 0.6 is 11.3 Å². The highest BCUT2D eigenvalue weighted by Gasteiger charge is 2.53. The number of likely N-dealkylation sites (tertiary alicyclic amines) is 1. The summed E-state index contributed by atoms with van der Waals surface area (Å²) in [5.41, 5.74) is -0.123. The molecule has 2 fully saturated rings. The lowest BCUT2D eigenvalue weighted by molar-refractivity contribution is -0.140. The number of halogens is 1. The normalized spacial score (nSPS) is 23.1. The minimum atomic E-state index is -0.409. The Labute approximate surface area is 138 Å². The maximum absolute atomic E-state index is 13.6. The molecule has 0 radical (unpaired) electrons. The van der Waals surface area contributed by atoms with Crippen LogP contribution in [0.15, 0.2) is 35.8 Å². The van der Waals surface area contributed by atoms with Gasteiger partial charge in [0.1, 0.15) is 0 Å². The van der Waals surface area contributed by atoms with Crippen molar-refractivity contribution in [3.63, 3.8) is 0 Å². The molecular weight excluding hydrogens is 315 g/mol. The van der Waals surface area contributed by atoms with Gasteiger partial charge in [0.15, 0.2) is 5.82 Å². The summed E-state index contributed by atoms with van der Waals surface area (Å²) < 4.78 is 25.2. The molecule has 0 aliphatic carbocycles. The number of hydrogen-bond donors (Lipinski definition) is 0. The van der Waals surface area contributed by atoms with Crippen LogP contribution < -0.4 is 4.74 Å². The van der Waals surface area contributed by atoms with E-state index in [1.165, 1.54) is 10.9 Å². The molecule has 2 saturated heterocycles. The van der Waals surface area contributed by atoms with Crippen molar-refractivity contribution in [3.05, 3.63) is 46.5 Å². The first-order valence-electron chi connectivity index (χ1n) is 7.87. The van der Waals surface area contributed by atoms with Gasteiger partial charge < -0.3 is 9.47 Å². The largest absolute Gasteiger partial charge is 0.475 e. The highest BCUT2D eigenvalue weighted by Crippen LogP contribution is 2.41. The van der Waals surface area contributed by atoms with Crippen molar-refractivity contribution < 1.29 is 13.9 Å². The van der Waals surface area contributed by atoms with Crippen LogP contribution in [0.1, 0.15) is 11.3 Å². The average molecular weight is 334 g/mol. The SMILES string of the molecule is Fc1cccnc1OC[C@H]1CCOC12CN(Cc1cccs1)C2. The van der Waals surface area contributed by atoms with Crippen LogP contribution in [0.2, 0.25) is 0 Å². The van der Waals surface area contributed by atoms with Crippen LogP contribution in [0.5, 0.6) is 5.88 Å². The summed E-state index contributed by atoms with van der Waals surface area (Å²) in [5, 5.41) is 2.11. The molecule has 1 spiro atoms. The minimum absolute atomic E-state index is 0.0873. The first kappa shape index (κ1) is 15.1. The smallest absolute Gasteiger partial charge is 0.250 e. The molecule has 6 heteroatoms. The van der Waals surface area contributed by atoms with Crippen molar-refractivity contribution in [2.45, 2.75) is 18.6 Å². The van der Waals surface area contributed by atoms with Crippen LogP contribution in [0.3, 0.4) is 0 Å². The molecule has 2 aliphatic heterocycles. The molecule has 2 aliphatic rings. The highest BCUT2D eigenvalue weighted by atomic mass is 32.1. The molecule has 122 valence electrons. The van der Waals surface area contributed by atoms with E-state index in [4.69, 9.17) is 9.47 Å². The molecule has 0 amide bonds. The first-order chi connectivity index (χ1) is 11.3. The number of nitrogens with zero attached hydrogens (tertiary/aromatic N) is 2. The van der Waals surface area contributed by atoms with E-state index >= 15 is 0 Å². The minimum Gasteiger partial charge on any atom is -0.475 e. The Morgan fingerprint density at radius 2 is 2.30 bits per heavy atom. The topological polar surface area (TPSA) is 34.6 Å². The van der Waals surface area contributed by atoms with E-state index in [9.17, 15) is 4.39 Å². The van der Waals surface area contributed by atoms with Gasteiger partial charge in [0.25, 0.3) is 0 Å². The van der Waals surface area contributed by atoms with Gasteiger partial charge >= 0.3 is 0 Å². The molecule has 0 saturated carbocycles. The fraction of sp³-hybridized carbons (Fsp3) is 0.471. The molecular formula is C17H19FN2O2S. The van der Waals surface area contributed by atoms with E-state index in [2.05, 4.69) is 27.4 Å². The highest BCUT2D eigenvalue weighted by molar-refractivity contribution is 7.09. The summed E-state index contributed by atoms with van der Waals surface area (Å²) >= 11 is 1.78. The van der Waals surface area contributed by atoms with E-state index in [0.717, 1.165) is 32.7 Å². The number of ether oxygens (including phenoxy) is 2. The summed E-state index contributed by atoms with van der Waals surface area (Å²) in [4.78, 5) is 7.72. The van der Waals surface area contributed by atoms with E-state index in [0.29, 0.717) is 12.5 Å². The van der Waals surface area contributed by atoms with Gasteiger partial charge in [-0.1, -0.05) is 6.07 Å². The zero-order valence-electron chi connectivity index (χ0n) is 12.8. The molecule has 23 heavy (non-hydrogen) atoms. The Morgan fingerprint density at radius 3 is 3.09 bits per heavy atom. The molecule has 0 N–H and O–H groups in total. The van der Waals surface area contributed by atoms with Gasteiger partial charge in [-0.25, -0.2) is 9.37 Å². The van der Waals surface area contributed by atoms with Crippen molar-refractivity contribution in [2.75, 3.05) is 26.3 Å². The van der Waals surface area contributed by atoms with Gasteiger partial charge in [0.05, 0.1) is 12.2 Å². The summed E-state index contributed by atoms with van der Waals surface area (Å²) in [6.45, 7) is 4.03. The second kappa shape index (κ2) is 6.19. The Balaban J connectivity index is 1.34. The quantitative estimate of drug-likeness (QED) is 0.842. The van der Waals surface area contributed by atoms with Crippen molar-refractivity contribution in [2.24, 2.45) is 5.92 Å². The maximum Gasteiger partial charge on any atom is 0.250 e. The summed E-state index contributed by atoms with van der Waals surface area (Å²) in [7, 11) is 0. The lowest BCUT2D eigenvalue weighted by Crippen LogP contribution is -2.64. The molecule has 4 heterocycles. The summed E-state index contributed by atoms with van der Waals surface area (Å²) in [5.74, 6) is -0.0267. The van der Waals surface area contributed by atoms with E-state index in [-0.39, 0.29) is 11.5 Å². The molecule has 0 bridgehead atoms. The monoisotopic (exact) mass is 334 g/mol. The predicted molar refractivity (Wildman–Crippen MR) is 86.1 cm³/mol. The second-order valence-corrected chi connectivity index (χ2v) is 7.26. The van der Waals surface area contributed by atoms with Crippen LogP contribution in [0.4, 0.5) is 4.39 Å². The molecule has 0 aromatic carbocycles. The predicted octanol–water partition coefficient (Wildman–Crippen LogP) is 2.95. The molecule has 1 atom stereocenters. The van der Waals surface area contributed by atoms with Crippen molar-refractivity contribution >= 4 is 11.3 Å². The van der Waals surface area contributed by atoms with E-state index in [1.807, 2.05) is 0 Å². The second-order valence-electron chi connectivity index (χ2n) is 6.22. The third-order valence-electron chi connectivity index (χ3n) is 4.69. The van der Waals surface area contributed by atoms with Crippen LogP contribution in [-0.4, -0.2) is 41.8 Å². The van der Waals surface area contributed by atoms with Crippen LogP contribution in [0, 0.1) is 11.7 Å². The van der Waals surface area contributed by atoms with Crippen LogP contribution in [0.25, 0.3) is 0 Å². The standard InChI is InChI=1S/C17H19FN2O2S/c18-15-4-1-6-19-16(15)21-10-13-5-7-22-17(13)11-20(12-17)9-14-3-2-8-23-14/h1-4,6,8,13H,5,7,9-12H2/t13-/m1/s1. The van der Waals surface area contributed by atoms with Crippen molar-refractivity contribution in [1.29, 1.82) is 0 Å². The fourth-order valence-electron chi connectivity index (χ4n) is 3.47. The van der Waals surface area contributed by atoms with Gasteiger partial charge in [0, 0.05) is 43.2 Å². The maximum atomic E-state index is 13.6. The van der Waals surface area contributed by atoms with Gasteiger partial charge in [-0.15, -0.1) is 11.3 Å². The molecule has 2 aromatic rings. The lowest BCUT2D eigenvalue weighted by atomic mass is 9.81. The van der Waals surface area contributed by atoms with Gasteiger partial charge in [-0.3, -0.25) is 4.90 Å². The van der Waals surface area contributed by atoms with Gasteiger partial charge in [-0.05, 0) is 30.0 Å². The zero-order valence-corrected chi connectivity index (χ0v) is 13.6. The third-order valence-corrected chi connectivity index (χ3v) is 5.55. The Hall–Kier alpha value is -1.50. The zero-order chi connectivity index (χ0) is 15.7. The number of pyridine rings is 1. The Morgan fingerprint density at radius 1 is 1.39 bits per heavy atom. The third kappa shape index (κ3) is 2.98. The number of thiophene rings is 1. The molecule has 2 aromatic heterocycles. The summed E-state index contributed by atoms with van der Waals surface area (Å²) in [6.07, 6.45) is 2.51. The Bertz CT molecular complexity index is 658. The lowest BCUT2D eigenvalue weighted by Gasteiger charge is -2.50. The van der Waals surface area contributed by atoms with Gasteiger partial charge in [0.2, 0.25) is 5.88 Å². The van der Waals surface area contributed by atoms with E-state index < -0.39 is 5.82 Å². The van der Waals surface area contributed by atoms with Crippen molar-refractivity contribution in [1.82, 2.24) is 9.88 Å². The fourth-order valence-corrected chi connectivity index (χ4v) is 4.22. The number of rotatable bonds is 5. The summed E-state index contributed by atoms with van der Waals surface area (Å²) in [6, 6.07) is 7.18. The van der Waals surface area contributed by atoms with Crippen molar-refractivity contribution in [3.8, 4) is 5.88 Å². The number of aromatic nitrogens is 1. The first-order valence-corrected chi connectivity index (χ1v) is 8.75. The van der Waals surface area contributed by atoms with Gasteiger partial charge in [-0.2, -0.15) is 0 Å². The molecule has 4 rings (SSSR count). The molecule has 4 nitrogen and oxygen atoms in total. The number of hydrogen-bond acceptors (Lipinski definition) is 5.